The molecule has 84 heavy (non-hydrogen) atoms. The second kappa shape index (κ2) is 17.6. The molecule has 13 aromatic rings. The first-order valence-corrected chi connectivity index (χ1v) is 29.1. The van der Waals surface area contributed by atoms with Crippen LogP contribution < -0.4 is 14.4 Å². The minimum atomic E-state index is -0.669. The van der Waals surface area contributed by atoms with E-state index in [9.17, 15) is 0 Å². The monoisotopic (exact) mass is 1070 g/mol. The average Bonchev–Trinajstić information content (AvgIpc) is 1.63. The van der Waals surface area contributed by atoms with Crippen molar-refractivity contribution in [3.63, 3.8) is 0 Å². The van der Waals surface area contributed by atoms with Gasteiger partial charge in [-0.05, 0) is 138 Å². The number of para-hydroxylation sites is 4. The molecule has 0 amide bonds. The molecular weight excluding hydrogens is 1020 g/mol. The first-order chi connectivity index (χ1) is 41.7. The van der Waals surface area contributed by atoms with E-state index in [0.29, 0.717) is 0 Å². The predicted octanol–water partition coefficient (Wildman–Crippen LogP) is 20.1. The molecule has 18 rings (SSSR count). The van der Waals surface area contributed by atoms with E-state index in [0.717, 1.165) is 67.9 Å². The van der Waals surface area contributed by atoms with Gasteiger partial charge in [0.25, 0.3) is 0 Å². The van der Waals surface area contributed by atoms with E-state index >= 15 is 0 Å². The van der Waals surface area contributed by atoms with Crippen LogP contribution in [-0.4, -0.2) is 0 Å². The van der Waals surface area contributed by atoms with Crippen molar-refractivity contribution in [1.82, 2.24) is 0 Å². The lowest BCUT2D eigenvalue weighted by Crippen LogP contribution is -2.32. The Morgan fingerprint density at radius 2 is 0.607 bits per heavy atom. The Morgan fingerprint density at radius 1 is 0.226 bits per heavy atom. The zero-order valence-corrected chi connectivity index (χ0v) is 45.7. The minimum absolute atomic E-state index is 0.599. The van der Waals surface area contributed by atoms with Crippen molar-refractivity contribution in [2.75, 3.05) is 4.90 Å². The molecule has 3 aliphatic carbocycles. The number of fused-ring (bicyclic) bond motifs is 21. The third-order valence-electron chi connectivity index (χ3n) is 19.1. The third-order valence-corrected chi connectivity index (χ3v) is 19.1. The van der Waals surface area contributed by atoms with Crippen LogP contribution in [0, 0.1) is 0 Å². The van der Waals surface area contributed by atoms with E-state index in [1.54, 1.807) is 0 Å². The second-order valence-electron chi connectivity index (χ2n) is 22.9. The fourth-order valence-corrected chi connectivity index (χ4v) is 16.0. The maximum Gasteiger partial charge on any atom is 0.132 e. The first kappa shape index (κ1) is 47.0. The predicted molar refractivity (Wildman–Crippen MR) is 339 cm³/mol. The lowest BCUT2D eigenvalue weighted by atomic mass is 9.66. The highest BCUT2D eigenvalue weighted by molar-refractivity contribution is 6.01. The molecule has 0 atom stereocenters. The molecule has 5 aliphatic rings. The molecule has 13 aromatic carbocycles. The van der Waals surface area contributed by atoms with E-state index in [4.69, 9.17) is 9.47 Å². The SMILES string of the molecule is c1ccc(C2(c3ccccc3)c3ccccc3-c3c(N(c4cccc(-c5cccc6c5-c5ccccc5C65c6ccccc6Oc6ccccc65)c4)c4ccc5c(c4)C4(c6ccccc6Oc6ccccc64)c4ccccc4-5)cccc32)cc1. The maximum absolute atomic E-state index is 6.85. The van der Waals surface area contributed by atoms with Crippen LogP contribution in [0.15, 0.2) is 309 Å². The average molecular weight is 1070 g/mol. The second-order valence-corrected chi connectivity index (χ2v) is 22.9. The van der Waals surface area contributed by atoms with Crippen LogP contribution in [0.2, 0.25) is 0 Å². The molecule has 0 aromatic heterocycles. The summed E-state index contributed by atoms with van der Waals surface area (Å²) in [4.78, 5) is 2.56. The molecule has 392 valence electrons. The number of ether oxygens (including phenoxy) is 2. The Labute approximate surface area is 488 Å². The van der Waals surface area contributed by atoms with Crippen molar-refractivity contribution in [3.8, 4) is 67.5 Å². The Kier molecular flexibility index (Phi) is 9.86. The van der Waals surface area contributed by atoms with E-state index in [1.807, 2.05) is 0 Å². The highest BCUT2D eigenvalue weighted by atomic mass is 16.5. The summed E-state index contributed by atoms with van der Waals surface area (Å²) in [5.41, 5.74) is 25.5. The van der Waals surface area contributed by atoms with Gasteiger partial charge in [-0.2, -0.15) is 0 Å². The van der Waals surface area contributed by atoms with Gasteiger partial charge in [0.15, 0.2) is 0 Å². The Hall–Kier alpha value is -10.7. The summed E-state index contributed by atoms with van der Waals surface area (Å²) in [5.74, 6) is 3.51. The highest BCUT2D eigenvalue weighted by Gasteiger charge is 2.54. The normalized spacial score (nSPS) is 14.7. The summed E-state index contributed by atoms with van der Waals surface area (Å²) in [6.07, 6.45) is 0. The van der Waals surface area contributed by atoms with Gasteiger partial charge in [0, 0.05) is 39.2 Å². The smallest absolute Gasteiger partial charge is 0.132 e. The summed E-state index contributed by atoms with van der Waals surface area (Å²) in [5, 5.41) is 0. The molecule has 0 saturated carbocycles. The molecule has 0 bridgehead atoms. The molecule has 3 heteroatoms. The quantitative estimate of drug-likeness (QED) is 0.166. The first-order valence-electron chi connectivity index (χ1n) is 29.1. The molecule has 2 spiro atoms. The number of hydrogen-bond acceptors (Lipinski definition) is 3. The minimum Gasteiger partial charge on any atom is -0.457 e. The van der Waals surface area contributed by atoms with Gasteiger partial charge >= 0.3 is 0 Å². The fraction of sp³-hybridized carbons (Fsp3) is 0.0370. The zero-order chi connectivity index (χ0) is 55.1. The van der Waals surface area contributed by atoms with Crippen molar-refractivity contribution >= 4 is 17.1 Å². The number of hydrogen-bond donors (Lipinski definition) is 0. The van der Waals surface area contributed by atoms with Crippen LogP contribution >= 0.6 is 0 Å². The summed E-state index contributed by atoms with van der Waals surface area (Å²) in [7, 11) is 0. The van der Waals surface area contributed by atoms with Gasteiger partial charge in [0.2, 0.25) is 0 Å². The summed E-state index contributed by atoms with van der Waals surface area (Å²) in [6.45, 7) is 0. The van der Waals surface area contributed by atoms with Crippen LogP contribution in [0.1, 0.15) is 66.8 Å². The van der Waals surface area contributed by atoms with Crippen LogP contribution in [-0.2, 0) is 16.2 Å². The number of nitrogens with zero attached hydrogens (tertiary/aromatic N) is 1. The molecule has 0 N–H and O–H groups in total. The van der Waals surface area contributed by atoms with Crippen LogP contribution in [0.25, 0.3) is 44.5 Å². The van der Waals surface area contributed by atoms with E-state index in [2.05, 4.69) is 314 Å². The molecule has 0 unspecified atom stereocenters. The lowest BCUT2D eigenvalue weighted by Gasteiger charge is -2.39. The maximum atomic E-state index is 6.85. The Morgan fingerprint density at radius 3 is 1.18 bits per heavy atom. The van der Waals surface area contributed by atoms with Crippen molar-refractivity contribution in [2.24, 2.45) is 0 Å². The number of benzene rings is 13. The summed E-state index contributed by atoms with van der Waals surface area (Å²) < 4.78 is 13.6. The van der Waals surface area contributed by atoms with Crippen molar-refractivity contribution in [3.05, 3.63) is 376 Å². The molecule has 2 aliphatic heterocycles. The van der Waals surface area contributed by atoms with Gasteiger partial charge in [-0.3, -0.25) is 0 Å². The molecule has 2 heterocycles. The van der Waals surface area contributed by atoms with Crippen LogP contribution in [0.5, 0.6) is 23.0 Å². The Bertz CT molecular complexity index is 4750. The zero-order valence-electron chi connectivity index (χ0n) is 45.7. The highest BCUT2D eigenvalue weighted by Crippen LogP contribution is 2.66. The largest absolute Gasteiger partial charge is 0.457 e. The van der Waals surface area contributed by atoms with E-state index in [1.165, 1.54) is 83.5 Å². The molecule has 0 radical (unpaired) electrons. The van der Waals surface area contributed by atoms with Crippen molar-refractivity contribution < 1.29 is 9.47 Å². The van der Waals surface area contributed by atoms with Gasteiger partial charge in [-0.25, -0.2) is 0 Å². The number of rotatable bonds is 6. The van der Waals surface area contributed by atoms with E-state index in [-0.39, 0.29) is 0 Å². The molecular formula is C81H51NO2. The lowest BCUT2D eigenvalue weighted by molar-refractivity contribution is 0.436. The topological polar surface area (TPSA) is 21.7 Å². The van der Waals surface area contributed by atoms with Crippen LogP contribution in [0.4, 0.5) is 17.1 Å². The molecule has 0 fully saturated rings. The van der Waals surface area contributed by atoms with Gasteiger partial charge < -0.3 is 14.4 Å². The van der Waals surface area contributed by atoms with Gasteiger partial charge in [0.05, 0.1) is 21.9 Å². The van der Waals surface area contributed by atoms with Crippen molar-refractivity contribution in [2.45, 2.75) is 16.2 Å². The number of anilines is 3. The van der Waals surface area contributed by atoms with Gasteiger partial charge in [-0.15, -0.1) is 0 Å². The Balaban J connectivity index is 0.918. The standard InChI is InChI=1S/C81H51NO2/c1-3-25-53(26-4-1)79(54-27-5-2-6-28-54)63-35-11-9-32-61(63)78-70(79)42-23-43-72(78)82(56-48-49-59-58-30-7-10-34-62(58)81(71(59)51-56)67-39-15-19-46-75(67)84-76-47-20-16-40-68(76)81)55-29-21-24-52(50-55)57-33-22-41-69-77(57)60-31-8-12-36-64(60)80(69)65-37-13-17-44-73(65)83-74-45-18-14-38-66(74)80/h1-51H. The fourth-order valence-electron chi connectivity index (χ4n) is 16.0. The van der Waals surface area contributed by atoms with Gasteiger partial charge in [0.1, 0.15) is 23.0 Å². The van der Waals surface area contributed by atoms with Crippen molar-refractivity contribution in [1.29, 1.82) is 0 Å². The summed E-state index contributed by atoms with van der Waals surface area (Å²) >= 11 is 0. The summed E-state index contributed by atoms with van der Waals surface area (Å²) in [6, 6.07) is 115. The molecule has 0 saturated heterocycles. The molecule has 3 nitrogen and oxygen atoms in total. The van der Waals surface area contributed by atoms with Crippen LogP contribution in [0.3, 0.4) is 0 Å². The van der Waals surface area contributed by atoms with E-state index < -0.39 is 16.2 Å². The third kappa shape index (κ3) is 6.04. The van der Waals surface area contributed by atoms with Gasteiger partial charge in [-0.1, -0.05) is 255 Å².